The molecule has 0 unspecified atom stereocenters. The number of halogens is 2. The summed E-state index contributed by atoms with van der Waals surface area (Å²) in [6.45, 7) is 3.48. The summed E-state index contributed by atoms with van der Waals surface area (Å²) in [7, 11) is 0. The molecule has 14 heavy (non-hydrogen) atoms. The van der Waals surface area contributed by atoms with Crippen molar-refractivity contribution in [1.29, 1.82) is 0 Å². The van der Waals surface area contributed by atoms with Crippen molar-refractivity contribution in [2.75, 3.05) is 0 Å². The predicted octanol–water partition coefficient (Wildman–Crippen LogP) is 2.34. The van der Waals surface area contributed by atoms with Crippen molar-refractivity contribution in [3.8, 4) is 0 Å². The van der Waals surface area contributed by atoms with Crippen molar-refractivity contribution >= 4 is 34.2 Å². The molecule has 0 N–H and O–H groups in total. The summed E-state index contributed by atoms with van der Waals surface area (Å²) in [5, 5.41) is 0.611. The smallest absolute Gasteiger partial charge is 0.159 e. The highest BCUT2D eigenvalue weighted by atomic mass is 35.5. The molecule has 0 radical (unpaired) electrons. The lowest BCUT2D eigenvalue weighted by Crippen LogP contribution is -1.97. The summed E-state index contributed by atoms with van der Waals surface area (Å²) in [5.41, 5.74) is 0.990. The van der Waals surface area contributed by atoms with Gasteiger partial charge in [0, 0.05) is 0 Å². The zero-order valence-electron chi connectivity index (χ0n) is 7.54. The Labute approximate surface area is 90.3 Å². The van der Waals surface area contributed by atoms with E-state index < -0.39 is 0 Å². The second-order valence-electron chi connectivity index (χ2n) is 2.82. The molecule has 0 aliphatic heterocycles. The third kappa shape index (κ3) is 1.51. The van der Waals surface area contributed by atoms with E-state index in [9.17, 15) is 0 Å². The fraction of sp³-hybridized carbons (Fsp3) is 0.250. The van der Waals surface area contributed by atoms with Gasteiger partial charge in [-0.3, -0.25) is 0 Å². The van der Waals surface area contributed by atoms with Crippen molar-refractivity contribution in [3.63, 3.8) is 0 Å². The van der Waals surface area contributed by atoms with Gasteiger partial charge in [0.1, 0.15) is 22.7 Å². The van der Waals surface area contributed by atoms with Gasteiger partial charge in [-0.1, -0.05) is 23.2 Å². The molecule has 0 bridgehead atoms. The average Bonchev–Trinajstić information content (AvgIpc) is 2.07. The Bertz CT molecular complexity index is 465. The Kier molecular flexibility index (Phi) is 2.25. The second kappa shape index (κ2) is 3.29. The van der Waals surface area contributed by atoms with E-state index in [0.29, 0.717) is 33.0 Å². The van der Waals surface area contributed by atoms with E-state index in [2.05, 4.69) is 19.9 Å². The Morgan fingerprint density at radius 1 is 0.714 bits per heavy atom. The standard InChI is InChI=1S/C8H6Cl2N4/c1-3-11-5-6(7(9)13-3)12-4(2)14-8(5)10/h1-2H3. The average molecular weight is 229 g/mol. The minimum atomic E-state index is 0.305. The molecular weight excluding hydrogens is 223 g/mol. The maximum Gasteiger partial charge on any atom is 0.159 e. The lowest BCUT2D eigenvalue weighted by molar-refractivity contribution is 1.03. The number of hydrogen-bond donors (Lipinski definition) is 0. The van der Waals surface area contributed by atoms with Gasteiger partial charge in [-0.05, 0) is 13.8 Å². The highest BCUT2D eigenvalue weighted by molar-refractivity contribution is 6.37. The number of aromatic nitrogens is 4. The van der Waals surface area contributed by atoms with Crippen LogP contribution in [-0.4, -0.2) is 19.9 Å². The van der Waals surface area contributed by atoms with E-state index in [4.69, 9.17) is 23.2 Å². The SMILES string of the molecule is Cc1nc(Cl)c2nc(C)nc(Cl)c2n1. The second-order valence-corrected chi connectivity index (χ2v) is 3.54. The molecule has 0 saturated carbocycles. The van der Waals surface area contributed by atoms with Crippen LogP contribution in [0.2, 0.25) is 10.3 Å². The maximum atomic E-state index is 5.91. The summed E-state index contributed by atoms with van der Waals surface area (Å²) < 4.78 is 0. The van der Waals surface area contributed by atoms with Crippen LogP contribution in [0.15, 0.2) is 0 Å². The molecule has 4 nitrogen and oxygen atoms in total. The Morgan fingerprint density at radius 2 is 1.07 bits per heavy atom. The molecule has 72 valence electrons. The third-order valence-corrected chi connectivity index (χ3v) is 2.21. The minimum Gasteiger partial charge on any atom is -0.228 e. The normalized spacial score (nSPS) is 10.9. The molecular formula is C8H6Cl2N4. The quantitative estimate of drug-likeness (QED) is 0.650. The molecule has 0 aliphatic rings. The van der Waals surface area contributed by atoms with E-state index >= 15 is 0 Å². The van der Waals surface area contributed by atoms with Gasteiger partial charge in [-0.25, -0.2) is 19.9 Å². The topological polar surface area (TPSA) is 51.6 Å². The summed E-state index contributed by atoms with van der Waals surface area (Å²) in [6, 6.07) is 0. The van der Waals surface area contributed by atoms with Crippen molar-refractivity contribution in [2.24, 2.45) is 0 Å². The molecule has 0 amide bonds. The first-order valence-electron chi connectivity index (χ1n) is 3.92. The summed E-state index contributed by atoms with van der Waals surface area (Å²) in [6.07, 6.45) is 0. The highest BCUT2D eigenvalue weighted by Gasteiger charge is 2.10. The van der Waals surface area contributed by atoms with Gasteiger partial charge in [0.25, 0.3) is 0 Å². The third-order valence-electron chi connectivity index (χ3n) is 1.68. The van der Waals surface area contributed by atoms with Crippen LogP contribution < -0.4 is 0 Å². The van der Waals surface area contributed by atoms with Crippen LogP contribution in [0.25, 0.3) is 11.0 Å². The molecule has 2 aromatic heterocycles. The Hall–Kier alpha value is -1.00. The predicted molar refractivity (Wildman–Crippen MR) is 54.6 cm³/mol. The van der Waals surface area contributed by atoms with Crippen LogP contribution >= 0.6 is 23.2 Å². The molecule has 0 saturated heterocycles. The van der Waals surface area contributed by atoms with Crippen molar-refractivity contribution in [3.05, 3.63) is 22.0 Å². The molecule has 2 aromatic rings. The summed E-state index contributed by atoms with van der Waals surface area (Å²) >= 11 is 11.8. The lowest BCUT2D eigenvalue weighted by atomic mass is 10.4. The van der Waals surface area contributed by atoms with E-state index in [-0.39, 0.29) is 0 Å². The Morgan fingerprint density at radius 3 is 1.43 bits per heavy atom. The van der Waals surface area contributed by atoms with Crippen molar-refractivity contribution < 1.29 is 0 Å². The number of rotatable bonds is 0. The van der Waals surface area contributed by atoms with E-state index in [1.165, 1.54) is 0 Å². The van der Waals surface area contributed by atoms with Gasteiger partial charge in [-0.15, -0.1) is 0 Å². The molecule has 0 spiro atoms. The van der Waals surface area contributed by atoms with Gasteiger partial charge >= 0.3 is 0 Å². The van der Waals surface area contributed by atoms with E-state index in [1.54, 1.807) is 13.8 Å². The molecule has 0 fully saturated rings. The van der Waals surface area contributed by atoms with Crippen molar-refractivity contribution in [1.82, 2.24) is 19.9 Å². The van der Waals surface area contributed by atoms with Crippen LogP contribution in [0.3, 0.4) is 0 Å². The number of nitrogens with zero attached hydrogens (tertiary/aromatic N) is 4. The lowest BCUT2D eigenvalue weighted by Gasteiger charge is -2.02. The molecule has 0 aliphatic carbocycles. The number of aryl methyl sites for hydroxylation is 2. The van der Waals surface area contributed by atoms with Gasteiger partial charge in [0.2, 0.25) is 0 Å². The van der Waals surface area contributed by atoms with Crippen LogP contribution in [-0.2, 0) is 0 Å². The minimum absolute atomic E-state index is 0.305. The van der Waals surface area contributed by atoms with Gasteiger partial charge < -0.3 is 0 Å². The monoisotopic (exact) mass is 228 g/mol. The summed E-state index contributed by atoms with van der Waals surface area (Å²) in [5.74, 6) is 1.11. The molecule has 0 atom stereocenters. The fourth-order valence-corrected chi connectivity index (χ4v) is 1.67. The fourth-order valence-electron chi connectivity index (χ4n) is 1.16. The van der Waals surface area contributed by atoms with Crippen LogP contribution in [0.5, 0.6) is 0 Å². The van der Waals surface area contributed by atoms with Crippen molar-refractivity contribution in [2.45, 2.75) is 13.8 Å². The largest absolute Gasteiger partial charge is 0.228 e. The zero-order chi connectivity index (χ0) is 10.3. The van der Waals surface area contributed by atoms with E-state index in [1.807, 2.05) is 0 Å². The van der Waals surface area contributed by atoms with Gasteiger partial charge in [-0.2, -0.15) is 0 Å². The first kappa shape index (κ1) is 9.55. The zero-order valence-corrected chi connectivity index (χ0v) is 9.06. The highest BCUT2D eigenvalue weighted by Crippen LogP contribution is 2.23. The van der Waals surface area contributed by atoms with Gasteiger partial charge in [0.15, 0.2) is 10.3 Å². The van der Waals surface area contributed by atoms with Gasteiger partial charge in [0.05, 0.1) is 0 Å². The van der Waals surface area contributed by atoms with Crippen LogP contribution in [0, 0.1) is 13.8 Å². The number of fused-ring (bicyclic) bond motifs is 1. The maximum absolute atomic E-state index is 5.91. The molecule has 6 heteroatoms. The van der Waals surface area contributed by atoms with E-state index in [0.717, 1.165) is 0 Å². The molecule has 0 aromatic carbocycles. The Balaban J connectivity index is 2.94. The summed E-state index contributed by atoms with van der Waals surface area (Å²) in [4.78, 5) is 16.2. The molecule has 2 rings (SSSR count). The first-order valence-corrected chi connectivity index (χ1v) is 4.67. The molecule has 2 heterocycles. The first-order chi connectivity index (χ1) is 6.58. The van der Waals surface area contributed by atoms with Crippen LogP contribution in [0.4, 0.5) is 0 Å². The number of hydrogen-bond acceptors (Lipinski definition) is 4. The van der Waals surface area contributed by atoms with Crippen LogP contribution in [0.1, 0.15) is 11.6 Å².